The molecule has 0 aromatic heterocycles. The van der Waals surface area contributed by atoms with Crippen molar-refractivity contribution < 1.29 is 10.2 Å². The third kappa shape index (κ3) is 4.23. The van der Waals surface area contributed by atoms with Gasteiger partial charge in [0.1, 0.15) is 11.5 Å². The van der Waals surface area contributed by atoms with Crippen LogP contribution in [0.15, 0.2) is 48.5 Å². The van der Waals surface area contributed by atoms with E-state index in [2.05, 4.69) is 36.5 Å². The Morgan fingerprint density at radius 3 is 2.43 bits per heavy atom. The molecule has 0 radical (unpaired) electrons. The molecule has 0 fully saturated rings. The summed E-state index contributed by atoms with van der Waals surface area (Å²) in [5.74, 6) is 0.877. The first-order valence-electron chi connectivity index (χ1n) is 7.38. The Morgan fingerprint density at radius 1 is 1.00 bits per heavy atom. The van der Waals surface area contributed by atoms with Crippen molar-refractivity contribution in [1.29, 1.82) is 0 Å². The fourth-order valence-corrected chi connectivity index (χ4v) is 2.46. The van der Waals surface area contributed by atoms with Gasteiger partial charge < -0.3 is 15.5 Å². The summed E-state index contributed by atoms with van der Waals surface area (Å²) in [5, 5.41) is 22.7. The quantitative estimate of drug-likeness (QED) is 0.705. The summed E-state index contributed by atoms with van der Waals surface area (Å²) in [6, 6.07) is 15.1. The average molecular weight is 285 g/mol. The van der Waals surface area contributed by atoms with Crippen LogP contribution in [-0.4, -0.2) is 16.8 Å². The van der Waals surface area contributed by atoms with Crippen molar-refractivity contribution in [2.75, 3.05) is 6.54 Å². The second-order valence-corrected chi connectivity index (χ2v) is 5.52. The van der Waals surface area contributed by atoms with Crippen LogP contribution in [0.5, 0.6) is 11.5 Å². The van der Waals surface area contributed by atoms with Gasteiger partial charge in [-0.05, 0) is 49.6 Å². The fraction of sp³-hybridized carbons (Fsp3) is 0.333. The van der Waals surface area contributed by atoms with Gasteiger partial charge >= 0.3 is 0 Å². The van der Waals surface area contributed by atoms with Crippen LogP contribution in [0, 0.1) is 0 Å². The molecule has 0 aliphatic carbocycles. The van der Waals surface area contributed by atoms with Crippen LogP contribution in [0.3, 0.4) is 0 Å². The van der Waals surface area contributed by atoms with Gasteiger partial charge in [-0.3, -0.25) is 0 Å². The first kappa shape index (κ1) is 15.4. The van der Waals surface area contributed by atoms with Gasteiger partial charge in [-0.25, -0.2) is 0 Å². The SMILES string of the molecule is CC(CCNC(C)c1cc(O)ccc1O)c1ccccc1. The van der Waals surface area contributed by atoms with Crippen molar-refractivity contribution in [3.8, 4) is 11.5 Å². The van der Waals surface area contributed by atoms with Crippen molar-refractivity contribution in [3.63, 3.8) is 0 Å². The first-order valence-corrected chi connectivity index (χ1v) is 7.38. The number of hydrogen-bond donors (Lipinski definition) is 3. The van der Waals surface area contributed by atoms with E-state index >= 15 is 0 Å². The van der Waals surface area contributed by atoms with Crippen LogP contribution >= 0.6 is 0 Å². The van der Waals surface area contributed by atoms with Crippen LogP contribution < -0.4 is 5.32 Å². The van der Waals surface area contributed by atoms with Crippen LogP contribution in [0.25, 0.3) is 0 Å². The maximum Gasteiger partial charge on any atom is 0.120 e. The molecule has 3 heteroatoms. The Labute approximate surface area is 126 Å². The number of aromatic hydroxyl groups is 2. The van der Waals surface area contributed by atoms with Gasteiger partial charge in [-0.2, -0.15) is 0 Å². The van der Waals surface area contributed by atoms with Crippen LogP contribution in [-0.2, 0) is 0 Å². The zero-order valence-corrected chi connectivity index (χ0v) is 12.6. The molecule has 112 valence electrons. The Morgan fingerprint density at radius 2 is 1.71 bits per heavy atom. The Bertz CT molecular complexity index is 569. The molecule has 0 saturated heterocycles. The summed E-state index contributed by atoms with van der Waals surface area (Å²) in [7, 11) is 0. The van der Waals surface area contributed by atoms with Gasteiger partial charge in [-0.15, -0.1) is 0 Å². The molecular weight excluding hydrogens is 262 g/mol. The van der Waals surface area contributed by atoms with Crippen molar-refractivity contribution in [3.05, 3.63) is 59.7 Å². The number of nitrogens with one attached hydrogen (secondary N) is 1. The summed E-state index contributed by atoms with van der Waals surface area (Å²) in [6.07, 6.45) is 1.02. The van der Waals surface area contributed by atoms with E-state index in [-0.39, 0.29) is 17.5 Å². The van der Waals surface area contributed by atoms with E-state index in [0.717, 1.165) is 18.5 Å². The van der Waals surface area contributed by atoms with Gasteiger partial charge in [0.15, 0.2) is 0 Å². The zero-order chi connectivity index (χ0) is 15.2. The van der Waals surface area contributed by atoms with E-state index in [1.807, 2.05) is 13.0 Å². The summed E-state index contributed by atoms with van der Waals surface area (Å²) < 4.78 is 0. The predicted molar refractivity (Wildman–Crippen MR) is 85.7 cm³/mol. The van der Waals surface area contributed by atoms with Gasteiger partial charge in [0, 0.05) is 11.6 Å². The number of rotatable bonds is 6. The molecule has 0 amide bonds. The highest BCUT2D eigenvalue weighted by Crippen LogP contribution is 2.28. The molecule has 3 N–H and O–H groups in total. The van der Waals surface area contributed by atoms with Crippen LogP contribution in [0.4, 0.5) is 0 Å². The minimum absolute atomic E-state index is 0.0000679. The molecule has 0 aliphatic heterocycles. The maximum absolute atomic E-state index is 9.84. The molecule has 2 atom stereocenters. The number of benzene rings is 2. The molecule has 0 bridgehead atoms. The number of phenols is 2. The first-order chi connectivity index (χ1) is 10.1. The maximum atomic E-state index is 9.84. The molecule has 21 heavy (non-hydrogen) atoms. The van der Waals surface area contributed by atoms with Crippen LogP contribution in [0.1, 0.15) is 43.4 Å². The summed E-state index contributed by atoms with van der Waals surface area (Å²) in [5.41, 5.74) is 2.06. The highest BCUT2D eigenvalue weighted by atomic mass is 16.3. The second kappa shape index (κ2) is 7.14. The molecule has 0 heterocycles. The van der Waals surface area contributed by atoms with Crippen molar-refractivity contribution >= 4 is 0 Å². The number of hydrogen-bond acceptors (Lipinski definition) is 3. The van der Waals surface area contributed by atoms with Crippen molar-refractivity contribution in [1.82, 2.24) is 5.32 Å². The van der Waals surface area contributed by atoms with E-state index in [1.54, 1.807) is 6.07 Å². The van der Waals surface area contributed by atoms with Gasteiger partial charge in [-0.1, -0.05) is 37.3 Å². The predicted octanol–water partition coefficient (Wildman–Crippen LogP) is 3.94. The van der Waals surface area contributed by atoms with Crippen molar-refractivity contribution in [2.24, 2.45) is 0 Å². The standard InChI is InChI=1S/C18H23NO2/c1-13(15-6-4-3-5-7-15)10-11-19-14(2)17-12-16(20)8-9-18(17)21/h3-9,12-14,19-21H,10-11H2,1-2H3. The molecule has 2 unspecified atom stereocenters. The monoisotopic (exact) mass is 285 g/mol. The fourth-order valence-electron chi connectivity index (χ4n) is 2.46. The van der Waals surface area contributed by atoms with Crippen LogP contribution in [0.2, 0.25) is 0 Å². The summed E-state index contributed by atoms with van der Waals surface area (Å²) in [6.45, 7) is 5.06. The topological polar surface area (TPSA) is 52.5 Å². The normalized spacial score (nSPS) is 13.8. The minimum atomic E-state index is 0.0000679. The van der Waals surface area contributed by atoms with E-state index in [4.69, 9.17) is 0 Å². The highest BCUT2D eigenvalue weighted by molar-refractivity contribution is 5.40. The van der Waals surface area contributed by atoms with Crippen molar-refractivity contribution in [2.45, 2.75) is 32.2 Å². The lowest BCUT2D eigenvalue weighted by atomic mass is 9.97. The molecule has 2 aromatic rings. The third-order valence-electron chi connectivity index (χ3n) is 3.87. The van der Waals surface area contributed by atoms with E-state index in [1.165, 1.54) is 17.7 Å². The Balaban J connectivity index is 1.87. The summed E-state index contributed by atoms with van der Waals surface area (Å²) >= 11 is 0. The lowest BCUT2D eigenvalue weighted by Gasteiger charge is -2.18. The molecule has 0 spiro atoms. The molecule has 2 aromatic carbocycles. The van der Waals surface area contributed by atoms with E-state index in [0.29, 0.717) is 5.92 Å². The Kier molecular flexibility index (Phi) is 5.23. The van der Waals surface area contributed by atoms with Gasteiger partial charge in [0.05, 0.1) is 0 Å². The van der Waals surface area contributed by atoms with Gasteiger partial charge in [0.25, 0.3) is 0 Å². The Hall–Kier alpha value is -2.00. The summed E-state index contributed by atoms with van der Waals surface area (Å²) in [4.78, 5) is 0. The molecular formula is C18H23NO2. The smallest absolute Gasteiger partial charge is 0.120 e. The lowest BCUT2D eigenvalue weighted by molar-refractivity contribution is 0.438. The largest absolute Gasteiger partial charge is 0.508 e. The minimum Gasteiger partial charge on any atom is -0.508 e. The molecule has 2 rings (SSSR count). The third-order valence-corrected chi connectivity index (χ3v) is 3.87. The second-order valence-electron chi connectivity index (χ2n) is 5.52. The van der Waals surface area contributed by atoms with E-state index in [9.17, 15) is 10.2 Å². The lowest BCUT2D eigenvalue weighted by Crippen LogP contribution is -2.21. The van der Waals surface area contributed by atoms with Gasteiger partial charge in [0.2, 0.25) is 0 Å². The molecule has 0 aliphatic rings. The zero-order valence-electron chi connectivity index (χ0n) is 12.6. The van der Waals surface area contributed by atoms with E-state index < -0.39 is 0 Å². The number of phenolic OH excluding ortho intramolecular Hbond substituents is 2. The average Bonchev–Trinajstić information content (AvgIpc) is 2.50. The molecule has 3 nitrogen and oxygen atoms in total. The molecule has 0 saturated carbocycles. The highest BCUT2D eigenvalue weighted by Gasteiger charge is 2.11.